The van der Waals surface area contributed by atoms with Crippen molar-refractivity contribution in [2.24, 2.45) is 5.92 Å². The first-order valence-corrected chi connectivity index (χ1v) is 10.2. The van der Waals surface area contributed by atoms with E-state index >= 15 is 0 Å². The normalized spacial score (nSPS) is 26.0. The molecule has 2 aliphatic rings. The average molecular weight is 393 g/mol. The molecule has 9 nitrogen and oxygen atoms in total. The zero-order valence-corrected chi connectivity index (χ0v) is 16.4. The Morgan fingerprint density at radius 2 is 2.07 bits per heavy atom. The molecule has 1 aromatic rings. The third-order valence-electron chi connectivity index (χ3n) is 5.42. The number of amides is 2. The van der Waals surface area contributed by atoms with Gasteiger partial charge in [-0.05, 0) is 38.5 Å². The van der Waals surface area contributed by atoms with Crippen LogP contribution in [0.25, 0.3) is 0 Å². The van der Waals surface area contributed by atoms with Crippen LogP contribution in [0, 0.1) is 5.92 Å². The summed E-state index contributed by atoms with van der Waals surface area (Å²) in [6, 6.07) is 1.44. The number of carbonyl (C=O) groups is 2. The van der Waals surface area contributed by atoms with Gasteiger partial charge in [-0.15, -0.1) is 0 Å². The molecular formula is C19H31N5O4. The van der Waals surface area contributed by atoms with Gasteiger partial charge in [0, 0.05) is 37.8 Å². The smallest absolute Gasteiger partial charge is 0.269 e. The van der Waals surface area contributed by atoms with E-state index in [4.69, 9.17) is 15.2 Å². The Balaban J connectivity index is 1.60. The summed E-state index contributed by atoms with van der Waals surface area (Å²) in [5.41, 5.74) is 5.89. The zero-order valence-electron chi connectivity index (χ0n) is 16.4. The third kappa shape index (κ3) is 5.45. The first-order chi connectivity index (χ1) is 13.6. The number of aromatic nitrogens is 2. The largest absolute Gasteiger partial charge is 0.382 e. The monoisotopic (exact) mass is 393 g/mol. The van der Waals surface area contributed by atoms with Crippen molar-refractivity contribution < 1.29 is 19.1 Å². The Hall–Kier alpha value is -2.13. The number of nitrogens with one attached hydrogen (secondary N) is 3. The SMILES string of the molecule is CCCO[C@@H]1CC[C@H](C(=O)NC2CCOCC2)C[C@H]1NC(=O)c1cc(N)n[nH]1. The Morgan fingerprint density at radius 1 is 1.29 bits per heavy atom. The minimum Gasteiger partial charge on any atom is -0.382 e. The molecule has 0 spiro atoms. The van der Waals surface area contributed by atoms with Gasteiger partial charge in [-0.2, -0.15) is 5.10 Å². The Morgan fingerprint density at radius 3 is 2.75 bits per heavy atom. The number of hydrogen-bond acceptors (Lipinski definition) is 6. The summed E-state index contributed by atoms with van der Waals surface area (Å²) in [6.07, 6.45) is 4.55. The molecule has 1 saturated heterocycles. The Labute approximate surface area is 165 Å². The number of anilines is 1. The number of H-pyrrole nitrogens is 1. The predicted molar refractivity (Wildman–Crippen MR) is 104 cm³/mol. The molecule has 0 aromatic carbocycles. The highest BCUT2D eigenvalue weighted by atomic mass is 16.5. The summed E-state index contributed by atoms with van der Waals surface area (Å²) >= 11 is 0. The van der Waals surface area contributed by atoms with E-state index in [0.29, 0.717) is 31.9 Å². The molecule has 0 unspecified atom stereocenters. The molecular weight excluding hydrogens is 362 g/mol. The van der Waals surface area contributed by atoms with Crippen molar-refractivity contribution in [1.82, 2.24) is 20.8 Å². The molecule has 2 fully saturated rings. The third-order valence-corrected chi connectivity index (χ3v) is 5.42. The van der Waals surface area contributed by atoms with E-state index in [-0.39, 0.29) is 41.7 Å². The van der Waals surface area contributed by atoms with Crippen LogP contribution in [0.3, 0.4) is 0 Å². The molecule has 1 aromatic heterocycles. The number of ether oxygens (including phenoxy) is 2. The quantitative estimate of drug-likeness (QED) is 0.546. The predicted octanol–water partition coefficient (Wildman–Crippen LogP) is 0.981. The molecule has 1 saturated carbocycles. The topological polar surface area (TPSA) is 131 Å². The van der Waals surface area contributed by atoms with E-state index in [1.807, 2.05) is 6.92 Å². The van der Waals surface area contributed by atoms with Gasteiger partial charge in [-0.25, -0.2) is 0 Å². The van der Waals surface area contributed by atoms with Crippen molar-refractivity contribution in [1.29, 1.82) is 0 Å². The van der Waals surface area contributed by atoms with Crippen molar-refractivity contribution in [2.45, 2.75) is 63.6 Å². The minimum absolute atomic E-state index is 0.0610. The summed E-state index contributed by atoms with van der Waals surface area (Å²) in [7, 11) is 0. The first-order valence-electron chi connectivity index (χ1n) is 10.2. The maximum atomic E-state index is 12.8. The molecule has 28 heavy (non-hydrogen) atoms. The number of hydrogen-bond donors (Lipinski definition) is 4. The van der Waals surface area contributed by atoms with Crippen molar-refractivity contribution >= 4 is 17.6 Å². The molecule has 2 heterocycles. The van der Waals surface area contributed by atoms with Gasteiger partial charge in [0.1, 0.15) is 11.5 Å². The lowest BCUT2D eigenvalue weighted by atomic mass is 9.82. The molecule has 2 amide bonds. The molecule has 1 aliphatic heterocycles. The number of carbonyl (C=O) groups excluding carboxylic acids is 2. The summed E-state index contributed by atoms with van der Waals surface area (Å²) < 4.78 is 11.3. The van der Waals surface area contributed by atoms with Gasteiger partial charge in [-0.1, -0.05) is 6.92 Å². The molecule has 3 rings (SSSR count). The van der Waals surface area contributed by atoms with Gasteiger partial charge in [-0.3, -0.25) is 14.7 Å². The van der Waals surface area contributed by atoms with E-state index in [0.717, 1.165) is 32.1 Å². The van der Waals surface area contributed by atoms with Crippen molar-refractivity contribution in [3.8, 4) is 0 Å². The van der Waals surface area contributed by atoms with Gasteiger partial charge in [0.05, 0.1) is 12.1 Å². The van der Waals surface area contributed by atoms with Crippen molar-refractivity contribution in [3.63, 3.8) is 0 Å². The van der Waals surface area contributed by atoms with Crippen LogP contribution >= 0.6 is 0 Å². The van der Waals surface area contributed by atoms with E-state index < -0.39 is 0 Å². The van der Waals surface area contributed by atoms with E-state index in [1.54, 1.807) is 0 Å². The minimum atomic E-state index is -0.287. The number of nitrogen functional groups attached to an aromatic ring is 1. The zero-order chi connectivity index (χ0) is 19.9. The second-order valence-corrected chi connectivity index (χ2v) is 7.60. The fourth-order valence-corrected chi connectivity index (χ4v) is 3.86. The van der Waals surface area contributed by atoms with Crippen molar-refractivity contribution in [2.75, 3.05) is 25.6 Å². The number of nitrogens with zero attached hydrogens (tertiary/aromatic N) is 1. The number of aromatic amines is 1. The van der Waals surface area contributed by atoms with Crippen LogP contribution in [-0.4, -0.2) is 60.0 Å². The van der Waals surface area contributed by atoms with Crippen LogP contribution in [0.5, 0.6) is 0 Å². The van der Waals surface area contributed by atoms with Gasteiger partial charge in [0.25, 0.3) is 5.91 Å². The van der Waals surface area contributed by atoms with E-state index in [2.05, 4.69) is 20.8 Å². The van der Waals surface area contributed by atoms with Gasteiger partial charge in [0.2, 0.25) is 5.91 Å². The highest BCUT2D eigenvalue weighted by molar-refractivity contribution is 5.93. The molecule has 9 heteroatoms. The first kappa shape index (κ1) is 20.6. The molecule has 0 bridgehead atoms. The summed E-state index contributed by atoms with van der Waals surface area (Å²) in [4.78, 5) is 25.3. The molecule has 5 N–H and O–H groups in total. The van der Waals surface area contributed by atoms with E-state index in [9.17, 15) is 9.59 Å². The second-order valence-electron chi connectivity index (χ2n) is 7.60. The maximum Gasteiger partial charge on any atom is 0.269 e. The summed E-state index contributed by atoms with van der Waals surface area (Å²) in [5.74, 6) is -0.0987. The van der Waals surface area contributed by atoms with Crippen molar-refractivity contribution in [3.05, 3.63) is 11.8 Å². The molecule has 156 valence electrons. The van der Waals surface area contributed by atoms with Crippen LogP contribution in [-0.2, 0) is 14.3 Å². The highest BCUT2D eigenvalue weighted by Gasteiger charge is 2.36. The lowest BCUT2D eigenvalue weighted by molar-refractivity contribution is -0.129. The summed E-state index contributed by atoms with van der Waals surface area (Å²) in [6.45, 7) is 4.06. The average Bonchev–Trinajstić information content (AvgIpc) is 3.14. The standard InChI is InChI=1S/C19H31N5O4/c1-2-7-28-16-4-3-12(18(25)21-13-5-8-27-9-6-13)10-14(16)22-19(26)15-11-17(20)24-23-15/h11-14,16H,2-10H2,1H3,(H,21,25)(H,22,26)(H3,20,23,24)/t12-,14+,16+/m0/s1. The lowest BCUT2D eigenvalue weighted by Gasteiger charge is -2.36. The molecule has 1 aliphatic carbocycles. The van der Waals surface area contributed by atoms with Crippen LogP contribution in [0.2, 0.25) is 0 Å². The second kappa shape index (κ2) is 9.88. The van der Waals surface area contributed by atoms with Crippen LogP contribution in [0.4, 0.5) is 5.82 Å². The van der Waals surface area contributed by atoms with Crippen LogP contribution in [0.15, 0.2) is 6.07 Å². The molecule has 3 atom stereocenters. The van der Waals surface area contributed by atoms with Gasteiger partial charge in [0.15, 0.2) is 0 Å². The maximum absolute atomic E-state index is 12.8. The van der Waals surface area contributed by atoms with E-state index in [1.165, 1.54) is 6.07 Å². The fourth-order valence-electron chi connectivity index (χ4n) is 3.86. The highest BCUT2D eigenvalue weighted by Crippen LogP contribution is 2.28. The Kier molecular flexibility index (Phi) is 7.27. The number of nitrogens with two attached hydrogens (primary N) is 1. The van der Waals surface area contributed by atoms with Gasteiger partial charge >= 0.3 is 0 Å². The number of rotatable bonds is 7. The fraction of sp³-hybridized carbons (Fsp3) is 0.737. The lowest BCUT2D eigenvalue weighted by Crippen LogP contribution is -2.51. The summed E-state index contributed by atoms with van der Waals surface area (Å²) in [5, 5.41) is 12.6. The van der Waals surface area contributed by atoms with Crippen LogP contribution < -0.4 is 16.4 Å². The molecule has 0 radical (unpaired) electrons. The van der Waals surface area contributed by atoms with Crippen LogP contribution in [0.1, 0.15) is 55.9 Å². The van der Waals surface area contributed by atoms with Gasteiger partial charge < -0.3 is 25.8 Å². The Bertz CT molecular complexity index is 659.